The van der Waals surface area contributed by atoms with Crippen molar-refractivity contribution in [3.8, 4) is 11.5 Å². The Hall–Kier alpha value is -2.48. The maximum absolute atomic E-state index is 12.6. The fourth-order valence-electron chi connectivity index (χ4n) is 4.00. The molecule has 2 aromatic rings. The van der Waals surface area contributed by atoms with Crippen LogP contribution < -0.4 is 4.90 Å². The molecular formula is C20H28N6O2. The van der Waals surface area contributed by atoms with Gasteiger partial charge >= 0.3 is 0 Å². The first-order chi connectivity index (χ1) is 13.6. The highest BCUT2D eigenvalue weighted by molar-refractivity contribution is 5.76. The summed E-state index contributed by atoms with van der Waals surface area (Å²) < 4.78 is 5.35. The predicted octanol–water partition coefficient (Wildman–Crippen LogP) is 1.82. The van der Waals surface area contributed by atoms with Gasteiger partial charge in [0.2, 0.25) is 5.91 Å². The molecule has 8 nitrogen and oxygen atoms in total. The van der Waals surface area contributed by atoms with Gasteiger partial charge in [-0.15, -0.1) is 0 Å². The van der Waals surface area contributed by atoms with E-state index in [-0.39, 0.29) is 0 Å². The molecule has 8 heteroatoms. The summed E-state index contributed by atoms with van der Waals surface area (Å²) >= 11 is 0. The van der Waals surface area contributed by atoms with E-state index < -0.39 is 0 Å². The number of carbonyl (C=O) groups excluding carboxylic acids is 1. The van der Waals surface area contributed by atoms with Gasteiger partial charge in [-0.05, 0) is 44.9 Å². The van der Waals surface area contributed by atoms with Crippen LogP contribution in [0, 0.1) is 12.8 Å². The molecule has 0 saturated carbocycles. The van der Waals surface area contributed by atoms with Crippen LogP contribution >= 0.6 is 0 Å². The van der Waals surface area contributed by atoms with E-state index in [1.165, 1.54) is 0 Å². The molecule has 2 aliphatic heterocycles. The zero-order valence-electron chi connectivity index (χ0n) is 16.7. The Labute approximate surface area is 165 Å². The number of hydrogen-bond acceptors (Lipinski definition) is 7. The van der Waals surface area contributed by atoms with Crippen molar-refractivity contribution in [1.82, 2.24) is 24.9 Å². The summed E-state index contributed by atoms with van der Waals surface area (Å²) in [7, 11) is 2.11. The van der Waals surface area contributed by atoms with Crippen LogP contribution in [0.1, 0.15) is 25.1 Å². The SMILES string of the molecule is Cc1noc(-c2cccnc2N2CCC(CC(=O)N3CCN(C)CC3)CC2)n1. The van der Waals surface area contributed by atoms with E-state index in [4.69, 9.17) is 4.52 Å². The second kappa shape index (κ2) is 8.26. The molecule has 2 aliphatic rings. The Bertz CT molecular complexity index is 807. The zero-order chi connectivity index (χ0) is 19.5. The van der Waals surface area contributed by atoms with Gasteiger partial charge in [-0.1, -0.05) is 5.16 Å². The van der Waals surface area contributed by atoms with Crippen molar-refractivity contribution in [3.63, 3.8) is 0 Å². The maximum atomic E-state index is 12.6. The first kappa shape index (κ1) is 18.9. The van der Waals surface area contributed by atoms with Crippen molar-refractivity contribution < 1.29 is 9.32 Å². The van der Waals surface area contributed by atoms with Crippen molar-refractivity contribution in [2.24, 2.45) is 5.92 Å². The van der Waals surface area contributed by atoms with Gasteiger partial charge in [0, 0.05) is 51.9 Å². The maximum Gasteiger partial charge on any atom is 0.261 e. The van der Waals surface area contributed by atoms with Gasteiger partial charge in [0.05, 0.1) is 5.56 Å². The smallest absolute Gasteiger partial charge is 0.261 e. The first-order valence-electron chi connectivity index (χ1n) is 10.1. The van der Waals surface area contributed by atoms with Crippen LogP contribution in [0.2, 0.25) is 0 Å². The third kappa shape index (κ3) is 4.16. The van der Waals surface area contributed by atoms with Crippen molar-refractivity contribution in [1.29, 1.82) is 0 Å². The molecule has 4 rings (SSSR count). The van der Waals surface area contributed by atoms with E-state index in [0.29, 0.717) is 30.0 Å². The lowest BCUT2D eigenvalue weighted by Crippen LogP contribution is -2.47. The lowest BCUT2D eigenvalue weighted by molar-refractivity contribution is -0.133. The molecule has 4 heterocycles. The molecule has 0 aliphatic carbocycles. The Balaban J connectivity index is 1.35. The second-order valence-electron chi connectivity index (χ2n) is 7.84. The topological polar surface area (TPSA) is 78.6 Å². The van der Waals surface area contributed by atoms with Gasteiger partial charge < -0.3 is 19.2 Å². The Morgan fingerprint density at radius 1 is 1.18 bits per heavy atom. The predicted molar refractivity (Wildman–Crippen MR) is 106 cm³/mol. The van der Waals surface area contributed by atoms with Crippen LogP contribution in [-0.2, 0) is 4.79 Å². The number of aromatic nitrogens is 3. The number of aryl methyl sites for hydroxylation is 1. The monoisotopic (exact) mass is 384 g/mol. The van der Waals surface area contributed by atoms with Crippen molar-refractivity contribution in [3.05, 3.63) is 24.2 Å². The number of likely N-dealkylation sites (N-methyl/N-ethyl adjacent to an activating group) is 1. The van der Waals surface area contributed by atoms with Crippen molar-refractivity contribution in [2.45, 2.75) is 26.2 Å². The van der Waals surface area contributed by atoms with Gasteiger partial charge in [0.25, 0.3) is 5.89 Å². The summed E-state index contributed by atoms with van der Waals surface area (Å²) in [5.41, 5.74) is 0.870. The molecular weight excluding hydrogens is 356 g/mol. The summed E-state index contributed by atoms with van der Waals surface area (Å²) in [6, 6.07) is 3.86. The largest absolute Gasteiger partial charge is 0.356 e. The molecule has 0 spiro atoms. The standard InChI is InChI=1S/C20H28N6O2/c1-15-22-20(28-23-15)17-4-3-7-21-19(17)26-8-5-16(6-9-26)14-18(27)25-12-10-24(2)11-13-25/h3-4,7,16H,5-6,8-14H2,1-2H3. The molecule has 28 heavy (non-hydrogen) atoms. The molecule has 0 bridgehead atoms. The molecule has 150 valence electrons. The Morgan fingerprint density at radius 2 is 1.93 bits per heavy atom. The number of rotatable bonds is 4. The lowest BCUT2D eigenvalue weighted by atomic mass is 9.92. The Kier molecular flexibility index (Phi) is 5.57. The molecule has 2 aromatic heterocycles. The van der Waals surface area contributed by atoms with E-state index in [9.17, 15) is 4.79 Å². The van der Waals surface area contributed by atoms with Gasteiger partial charge in [0.1, 0.15) is 5.82 Å². The third-order valence-electron chi connectivity index (χ3n) is 5.78. The number of amides is 1. The summed E-state index contributed by atoms with van der Waals surface area (Å²) in [6.07, 6.45) is 4.46. The minimum atomic E-state index is 0.311. The Morgan fingerprint density at radius 3 is 2.61 bits per heavy atom. The van der Waals surface area contributed by atoms with Crippen LogP contribution in [0.4, 0.5) is 5.82 Å². The number of piperidine rings is 1. The third-order valence-corrected chi connectivity index (χ3v) is 5.78. The van der Waals surface area contributed by atoms with E-state index >= 15 is 0 Å². The van der Waals surface area contributed by atoms with Gasteiger partial charge in [-0.25, -0.2) is 4.98 Å². The highest BCUT2D eigenvalue weighted by Gasteiger charge is 2.27. The number of piperazine rings is 1. The fraction of sp³-hybridized carbons (Fsp3) is 0.600. The molecule has 0 atom stereocenters. The lowest BCUT2D eigenvalue weighted by Gasteiger charge is -2.36. The molecule has 0 unspecified atom stereocenters. The van der Waals surface area contributed by atoms with Crippen LogP contribution in [0.25, 0.3) is 11.5 Å². The highest BCUT2D eigenvalue weighted by atomic mass is 16.5. The van der Waals surface area contributed by atoms with E-state index in [2.05, 4.69) is 32.0 Å². The van der Waals surface area contributed by atoms with Crippen molar-refractivity contribution >= 4 is 11.7 Å². The van der Waals surface area contributed by atoms with Crippen LogP contribution in [0.3, 0.4) is 0 Å². The summed E-state index contributed by atoms with van der Waals surface area (Å²) in [4.78, 5) is 28.1. The quantitative estimate of drug-likeness (QED) is 0.795. The molecule has 0 N–H and O–H groups in total. The number of hydrogen-bond donors (Lipinski definition) is 0. The average Bonchev–Trinajstić information content (AvgIpc) is 3.15. The van der Waals surface area contributed by atoms with E-state index in [0.717, 1.165) is 63.5 Å². The van der Waals surface area contributed by atoms with Crippen LogP contribution in [0.15, 0.2) is 22.9 Å². The van der Waals surface area contributed by atoms with Gasteiger partial charge in [-0.2, -0.15) is 4.98 Å². The first-order valence-corrected chi connectivity index (χ1v) is 10.1. The highest BCUT2D eigenvalue weighted by Crippen LogP contribution is 2.31. The molecule has 0 radical (unpaired) electrons. The van der Waals surface area contributed by atoms with Crippen LogP contribution in [-0.4, -0.2) is 77.1 Å². The second-order valence-corrected chi connectivity index (χ2v) is 7.84. The average molecular weight is 384 g/mol. The normalized spacial score (nSPS) is 19.2. The van der Waals surface area contributed by atoms with Crippen LogP contribution in [0.5, 0.6) is 0 Å². The number of anilines is 1. The molecule has 2 saturated heterocycles. The summed E-state index contributed by atoms with van der Waals surface area (Å²) in [5.74, 6) is 2.77. The number of nitrogens with zero attached hydrogens (tertiary/aromatic N) is 6. The minimum Gasteiger partial charge on any atom is -0.356 e. The van der Waals surface area contributed by atoms with E-state index in [1.54, 1.807) is 6.20 Å². The number of carbonyl (C=O) groups is 1. The summed E-state index contributed by atoms with van der Waals surface area (Å²) in [6.45, 7) is 7.25. The zero-order valence-corrected chi connectivity index (χ0v) is 16.7. The van der Waals surface area contributed by atoms with E-state index in [1.807, 2.05) is 24.0 Å². The van der Waals surface area contributed by atoms with Gasteiger partial charge in [-0.3, -0.25) is 4.79 Å². The molecule has 0 aromatic carbocycles. The molecule has 2 fully saturated rings. The fourth-order valence-corrected chi connectivity index (χ4v) is 4.00. The summed E-state index contributed by atoms with van der Waals surface area (Å²) in [5, 5.41) is 3.90. The minimum absolute atomic E-state index is 0.311. The van der Waals surface area contributed by atoms with Crippen molar-refractivity contribution in [2.75, 3.05) is 51.2 Å². The number of pyridine rings is 1. The van der Waals surface area contributed by atoms with Gasteiger partial charge in [0.15, 0.2) is 5.82 Å². The molecule has 1 amide bonds.